The summed E-state index contributed by atoms with van der Waals surface area (Å²) in [6.07, 6.45) is 0. The number of rotatable bonds is 1. The maximum absolute atomic E-state index is 5.71. The second kappa shape index (κ2) is 3.35. The molecule has 0 aliphatic rings. The zero-order valence-electron chi connectivity index (χ0n) is 9.37. The second-order valence-electron chi connectivity index (χ2n) is 4.74. The minimum absolute atomic E-state index is 0.0646. The molecule has 1 aromatic carbocycles. The third kappa shape index (κ3) is 1.75. The number of para-hydroxylation sites is 1. The van der Waals surface area contributed by atoms with Crippen LogP contribution in [0.25, 0.3) is 11.1 Å². The molecule has 0 radical (unpaired) electrons. The van der Waals surface area contributed by atoms with Gasteiger partial charge in [0, 0.05) is 12.0 Å². The molecule has 0 unspecified atom stereocenters. The summed E-state index contributed by atoms with van der Waals surface area (Å²) in [6, 6.07) is 5.86. The van der Waals surface area contributed by atoms with Gasteiger partial charge in [0.1, 0.15) is 5.52 Å². The molecule has 80 valence electrons. The Bertz CT molecular complexity index is 480. The molecule has 15 heavy (non-hydrogen) atoms. The molecule has 2 N–H and O–H groups in total. The van der Waals surface area contributed by atoms with E-state index in [0.717, 1.165) is 22.6 Å². The third-order valence-corrected chi connectivity index (χ3v) is 2.36. The fourth-order valence-electron chi connectivity index (χ4n) is 1.49. The molecule has 1 heterocycles. The smallest absolute Gasteiger partial charge is 0.200 e. The van der Waals surface area contributed by atoms with Crippen molar-refractivity contribution in [3.63, 3.8) is 0 Å². The van der Waals surface area contributed by atoms with Crippen molar-refractivity contribution in [1.82, 2.24) is 4.98 Å². The van der Waals surface area contributed by atoms with E-state index in [0.29, 0.717) is 6.54 Å². The largest absolute Gasteiger partial charge is 0.440 e. The van der Waals surface area contributed by atoms with Gasteiger partial charge < -0.3 is 10.2 Å². The van der Waals surface area contributed by atoms with E-state index < -0.39 is 0 Å². The number of oxazole rings is 1. The summed E-state index contributed by atoms with van der Waals surface area (Å²) < 4.78 is 5.71. The zero-order chi connectivity index (χ0) is 11.1. The fraction of sp³-hybridized carbons (Fsp3) is 0.417. The summed E-state index contributed by atoms with van der Waals surface area (Å²) in [5.74, 6) is 0.762. The van der Waals surface area contributed by atoms with E-state index in [1.807, 2.05) is 18.2 Å². The highest BCUT2D eigenvalue weighted by molar-refractivity contribution is 5.76. The summed E-state index contributed by atoms with van der Waals surface area (Å²) in [4.78, 5) is 4.51. The number of fused-ring (bicyclic) bond motifs is 1. The Morgan fingerprint density at radius 2 is 2.07 bits per heavy atom. The van der Waals surface area contributed by atoms with Crippen molar-refractivity contribution < 1.29 is 4.42 Å². The average molecular weight is 204 g/mol. The Labute approximate surface area is 89.3 Å². The fourth-order valence-corrected chi connectivity index (χ4v) is 1.49. The number of nitrogens with zero attached hydrogens (tertiary/aromatic N) is 1. The van der Waals surface area contributed by atoms with Gasteiger partial charge >= 0.3 is 0 Å². The highest BCUT2D eigenvalue weighted by Gasteiger charge is 2.21. The SMILES string of the molecule is CC(C)(C)c1nc2c(CN)cccc2o1. The van der Waals surface area contributed by atoms with Crippen LogP contribution in [-0.2, 0) is 12.0 Å². The maximum Gasteiger partial charge on any atom is 0.200 e. The van der Waals surface area contributed by atoms with Gasteiger partial charge in [0.25, 0.3) is 0 Å². The van der Waals surface area contributed by atoms with Gasteiger partial charge in [-0.25, -0.2) is 4.98 Å². The van der Waals surface area contributed by atoms with Crippen LogP contribution in [0.15, 0.2) is 22.6 Å². The van der Waals surface area contributed by atoms with Gasteiger partial charge in [0.2, 0.25) is 5.89 Å². The molecule has 1 aromatic heterocycles. The van der Waals surface area contributed by atoms with Crippen molar-refractivity contribution in [2.75, 3.05) is 0 Å². The molecule has 0 bridgehead atoms. The molecular weight excluding hydrogens is 188 g/mol. The predicted molar refractivity (Wildman–Crippen MR) is 60.6 cm³/mol. The van der Waals surface area contributed by atoms with Crippen molar-refractivity contribution in [3.8, 4) is 0 Å². The normalized spacial score (nSPS) is 12.3. The quantitative estimate of drug-likeness (QED) is 0.776. The topological polar surface area (TPSA) is 52.0 Å². The van der Waals surface area contributed by atoms with Crippen molar-refractivity contribution in [3.05, 3.63) is 29.7 Å². The van der Waals surface area contributed by atoms with E-state index in [9.17, 15) is 0 Å². The number of nitrogens with two attached hydrogens (primary N) is 1. The molecule has 0 fully saturated rings. The van der Waals surface area contributed by atoms with Crippen molar-refractivity contribution in [2.24, 2.45) is 5.73 Å². The van der Waals surface area contributed by atoms with E-state index in [1.165, 1.54) is 0 Å². The third-order valence-electron chi connectivity index (χ3n) is 2.36. The standard InChI is InChI=1S/C12H16N2O/c1-12(2,3)11-14-10-8(7-13)5-4-6-9(10)15-11/h4-6H,7,13H2,1-3H3. The highest BCUT2D eigenvalue weighted by atomic mass is 16.3. The molecule has 0 atom stereocenters. The van der Waals surface area contributed by atoms with Crippen LogP contribution < -0.4 is 5.73 Å². The predicted octanol–water partition coefficient (Wildman–Crippen LogP) is 2.58. The summed E-state index contributed by atoms with van der Waals surface area (Å²) in [5.41, 5.74) is 8.34. The van der Waals surface area contributed by atoms with Crippen LogP contribution >= 0.6 is 0 Å². The van der Waals surface area contributed by atoms with Crippen LogP contribution in [0.3, 0.4) is 0 Å². The Morgan fingerprint density at radius 3 is 2.67 bits per heavy atom. The van der Waals surface area contributed by atoms with Crippen molar-refractivity contribution >= 4 is 11.1 Å². The first-order chi connectivity index (χ1) is 7.02. The summed E-state index contributed by atoms with van der Waals surface area (Å²) >= 11 is 0. The van der Waals surface area contributed by atoms with E-state index in [2.05, 4.69) is 25.8 Å². The van der Waals surface area contributed by atoms with Gasteiger partial charge in [-0.05, 0) is 11.6 Å². The lowest BCUT2D eigenvalue weighted by Gasteiger charge is -2.11. The average Bonchev–Trinajstić information content (AvgIpc) is 2.59. The van der Waals surface area contributed by atoms with Crippen molar-refractivity contribution in [2.45, 2.75) is 32.7 Å². The number of hydrogen-bond donors (Lipinski definition) is 1. The monoisotopic (exact) mass is 204 g/mol. The summed E-state index contributed by atoms with van der Waals surface area (Å²) in [6.45, 7) is 6.74. The molecule has 3 heteroatoms. The lowest BCUT2D eigenvalue weighted by Crippen LogP contribution is -2.11. The Morgan fingerprint density at radius 1 is 1.33 bits per heavy atom. The van der Waals surface area contributed by atoms with Crippen LogP contribution in [0.2, 0.25) is 0 Å². The Hall–Kier alpha value is -1.35. The molecule has 0 aliphatic heterocycles. The van der Waals surface area contributed by atoms with Gasteiger partial charge in [-0.15, -0.1) is 0 Å². The second-order valence-corrected chi connectivity index (χ2v) is 4.74. The molecule has 0 saturated heterocycles. The zero-order valence-corrected chi connectivity index (χ0v) is 9.37. The van der Waals surface area contributed by atoms with Gasteiger partial charge in [0.05, 0.1) is 0 Å². The van der Waals surface area contributed by atoms with E-state index in [1.54, 1.807) is 0 Å². The molecule has 2 aromatic rings. The van der Waals surface area contributed by atoms with Crippen LogP contribution in [-0.4, -0.2) is 4.98 Å². The van der Waals surface area contributed by atoms with E-state index >= 15 is 0 Å². The van der Waals surface area contributed by atoms with Gasteiger partial charge in [-0.1, -0.05) is 32.9 Å². The van der Waals surface area contributed by atoms with Gasteiger partial charge in [-0.2, -0.15) is 0 Å². The van der Waals surface area contributed by atoms with Gasteiger partial charge in [0.15, 0.2) is 5.58 Å². The number of aromatic nitrogens is 1. The summed E-state index contributed by atoms with van der Waals surface area (Å²) in [7, 11) is 0. The minimum Gasteiger partial charge on any atom is -0.440 e. The molecule has 0 aliphatic carbocycles. The van der Waals surface area contributed by atoms with Crippen LogP contribution in [0.5, 0.6) is 0 Å². The number of benzene rings is 1. The van der Waals surface area contributed by atoms with E-state index in [-0.39, 0.29) is 5.41 Å². The Balaban J connectivity index is 2.65. The van der Waals surface area contributed by atoms with Crippen LogP contribution in [0, 0.1) is 0 Å². The lowest BCUT2D eigenvalue weighted by molar-refractivity contribution is 0.411. The Kier molecular flexibility index (Phi) is 2.27. The first kappa shape index (κ1) is 10.2. The van der Waals surface area contributed by atoms with E-state index in [4.69, 9.17) is 10.2 Å². The van der Waals surface area contributed by atoms with Gasteiger partial charge in [-0.3, -0.25) is 0 Å². The molecular formula is C12H16N2O. The molecule has 0 saturated carbocycles. The maximum atomic E-state index is 5.71. The summed E-state index contributed by atoms with van der Waals surface area (Å²) in [5, 5.41) is 0. The first-order valence-corrected chi connectivity index (χ1v) is 5.11. The number of hydrogen-bond acceptors (Lipinski definition) is 3. The van der Waals surface area contributed by atoms with Crippen molar-refractivity contribution in [1.29, 1.82) is 0 Å². The lowest BCUT2D eigenvalue weighted by atomic mass is 9.97. The first-order valence-electron chi connectivity index (χ1n) is 5.11. The van der Waals surface area contributed by atoms with Crippen LogP contribution in [0.1, 0.15) is 32.2 Å². The highest BCUT2D eigenvalue weighted by Crippen LogP contribution is 2.27. The van der Waals surface area contributed by atoms with Crippen LogP contribution in [0.4, 0.5) is 0 Å². The molecule has 0 spiro atoms. The molecule has 3 nitrogen and oxygen atoms in total. The molecule has 2 rings (SSSR count). The molecule has 0 amide bonds. The minimum atomic E-state index is -0.0646.